The molecule has 0 spiro atoms. The van der Waals surface area contributed by atoms with Crippen LogP contribution in [-0.2, 0) is 9.59 Å². The van der Waals surface area contributed by atoms with Crippen LogP contribution in [0.4, 0.5) is 0 Å². The van der Waals surface area contributed by atoms with Crippen LogP contribution < -0.4 is 0 Å². The lowest BCUT2D eigenvalue weighted by Gasteiger charge is -2.24. The van der Waals surface area contributed by atoms with E-state index < -0.39 is 0 Å². The first-order chi connectivity index (χ1) is 7.59. The molecule has 1 aliphatic carbocycles. The van der Waals surface area contributed by atoms with Crippen LogP contribution in [0.15, 0.2) is 23.5 Å². The number of hydrogen-bond donors (Lipinski definition) is 0. The molecule has 1 saturated heterocycles. The third kappa shape index (κ3) is 1.87. The first-order valence-electron chi connectivity index (χ1n) is 5.54. The number of carbonyl (C=O) groups excluding carboxylic acids is 2. The van der Waals surface area contributed by atoms with Crippen LogP contribution in [0.5, 0.6) is 0 Å². The Bertz CT molecular complexity index is 388. The van der Waals surface area contributed by atoms with Crippen LogP contribution in [0.3, 0.4) is 0 Å². The normalized spacial score (nSPS) is 21.0. The van der Waals surface area contributed by atoms with E-state index in [1.165, 1.54) is 12.2 Å². The summed E-state index contributed by atoms with van der Waals surface area (Å²) in [6, 6.07) is 0. The standard InChI is InChI=1S/C12H16N2O2/c1-13(2)9-7-12(16)10(8-11(9)15)14-5-3-4-6-14/h7-8H,3-6H2,1-2H3. The van der Waals surface area contributed by atoms with Crippen molar-refractivity contribution < 1.29 is 9.59 Å². The SMILES string of the molecule is CN(C)C1=CC(=O)C(N2CCCC2)=CC1=O. The van der Waals surface area contributed by atoms with E-state index in [1.54, 1.807) is 19.0 Å². The van der Waals surface area contributed by atoms with Gasteiger partial charge in [-0.05, 0) is 12.8 Å². The van der Waals surface area contributed by atoms with Gasteiger partial charge in [0.05, 0.1) is 11.4 Å². The minimum absolute atomic E-state index is 0.0507. The van der Waals surface area contributed by atoms with Crippen molar-refractivity contribution in [2.75, 3.05) is 27.2 Å². The average molecular weight is 220 g/mol. The molecule has 86 valence electrons. The fourth-order valence-corrected chi connectivity index (χ4v) is 2.09. The highest BCUT2D eigenvalue weighted by Gasteiger charge is 2.26. The summed E-state index contributed by atoms with van der Waals surface area (Å²) in [5.74, 6) is -0.128. The molecule has 0 aromatic heterocycles. The number of ketones is 2. The summed E-state index contributed by atoms with van der Waals surface area (Å²) < 4.78 is 0. The van der Waals surface area contributed by atoms with Gasteiger partial charge in [0, 0.05) is 39.3 Å². The first-order valence-corrected chi connectivity index (χ1v) is 5.54. The van der Waals surface area contributed by atoms with E-state index in [2.05, 4.69) is 0 Å². The van der Waals surface area contributed by atoms with Gasteiger partial charge in [0.2, 0.25) is 11.6 Å². The van der Waals surface area contributed by atoms with Crippen molar-refractivity contribution in [1.82, 2.24) is 9.80 Å². The molecule has 0 amide bonds. The van der Waals surface area contributed by atoms with Gasteiger partial charge in [0.1, 0.15) is 0 Å². The maximum absolute atomic E-state index is 11.9. The molecule has 0 bridgehead atoms. The van der Waals surface area contributed by atoms with Crippen LogP contribution >= 0.6 is 0 Å². The second-order valence-electron chi connectivity index (χ2n) is 4.38. The predicted octanol–water partition coefficient (Wildman–Crippen LogP) is 0.563. The van der Waals surface area contributed by atoms with Crippen molar-refractivity contribution in [2.45, 2.75) is 12.8 Å². The maximum atomic E-state index is 11.9. The van der Waals surface area contributed by atoms with Crippen LogP contribution in [0, 0.1) is 0 Å². The molecular formula is C12H16N2O2. The van der Waals surface area contributed by atoms with E-state index >= 15 is 0 Å². The average Bonchev–Trinajstić information content (AvgIpc) is 2.73. The third-order valence-electron chi connectivity index (χ3n) is 2.97. The van der Waals surface area contributed by atoms with Gasteiger partial charge >= 0.3 is 0 Å². The molecule has 4 nitrogen and oxygen atoms in total. The van der Waals surface area contributed by atoms with E-state index in [0.29, 0.717) is 11.4 Å². The fourth-order valence-electron chi connectivity index (χ4n) is 2.09. The van der Waals surface area contributed by atoms with E-state index in [-0.39, 0.29) is 11.6 Å². The topological polar surface area (TPSA) is 40.6 Å². The molecule has 1 heterocycles. The molecule has 0 radical (unpaired) electrons. The van der Waals surface area contributed by atoms with Gasteiger partial charge in [-0.2, -0.15) is 0 Å². The summed E-state index contributed by atoms with van der Waals surface area (Å²) in [5, 5.41) is 0. The van der Waals surface area contributed by atoms with Crippen LogP contribution in [0.2, 0.25) is 0 Å². The van der Waals surface area contributed by atoms with E-state index in [1.807, 2.05) is 4.90 Å². The largest absolute Gasteiger partial charge is 0.374 e. The lowest BCUT2D eigenvalue weighted by Crippen LogP contribution is -2.30. The van der Waals surface area contributed by atoms with Gasteiger partial charge in [-0.1, -0.05) is 0 Å². The van der Waals surface area contributed by atoms with Crippen molar-refractivity contribution in [3.63, 3.8) is 0 Å². The molecule has 16 heavy (non-hydrogen) atoms. The van der Waals surface area contributed by atoms with E-state index in [9.17, 15) is 9.59 Å². The summed E-state index contributed by atoms with van der Waals surface area (Å²) in [4.78, 5) is 27.3. The molecule has 0 aromatic rings. The minimum Gasteiger partial charge on any atom is -0.374 e. The predicted molar refractivity (Wildman–Crippen MR) is 60.7 cm³/mol. The Hall–Kier alpha value is -1.58. The summed E-state index contributed by atoms with van der Waals surface area (Å²) in [7, 11) is 3.54. The Morgan fingerprint density at radius 2 is 1.69 bits per heavy atom. The van der Waals surface area contributed by atoms with E-state index in [4.69, 9.17) is 0 Å². The highest BCUT2D eigenvalue weighted by Crippen LogP contribution is 2.20. The molecule has 2 rings (SSSR count). The van der Waals surface area contributed by atoms with Crippen molar-refractivity contribution in [2.24, 2.45) is 0 Å². The number of rotatable bonds is 2. The fraction of sp³-hybridized carbons (Fsp3) is 0.500. The molecule has 4 heteroatoms. The molecule has 1 aliphatic heterocycles. The Kier molecular flexibility index (Phi) is 2.81. The zero-order chi connectivity index (χ0) is 11.7. The molecule has 1 fully saturated rings. The molecule has 0 aromatic carbocycles. The number of nitrogens with zero attached hydrogens (tertiary/aromatic N) is 2. The maximum Gasteiger partial charge on any atom is 0.204 e. The molecular weight excluding hydrogens is 204 g/mol. The van der Waals surface area contributed by atoms with Gasteiger partial charge in [0.15, 0.2) is 0 Å². The summed E-state index contributed by atoms with van der Waals surface area (Å²) in [5.41, 5.74) is 1.03. The van der Waals surface area contributed by atoms with Crippen molar-refractivity contribution >= 4 is 11.6 Å². The molecule has 0 unspecified atom stereocenters. The number of likely N-dealkylation sites (N-methyl/N-ethyl adjacent to an activating group) is 1. The number of likely N-dealkylation sites (tertiary alicyclic amines) is 1. The monoisotopic (exact) mass is 220 g/mol. The Balaban J connectivity index is 2.22. The van der Waals surface area contributed by atoms with Crippen LogP contribution in [0.25, 0.3) is 0 Å². The zero-order valence-electron chi connectivity index (χ0n) is 9.69. The summed E-state index contributed by atoms with van der Waals surface area (Å²) in [6.45, 7) is 1.77. The molecule has 0 saturated carbocycles. The Morgan fingerprint density at radius 1 is 1.06 bits per heavy atom. The second kappa shape index (κ2) is 4.12. The number of carbonyl (C=O) groups is 2. The van der Waals surface area contributed by atoms with Gasteiger partial charge < -0.3 is 9.80 Å². The zero-order valence-corrected chi connectivity index (χ0v) is 9.69. The van der Waals surface area contributed by atoms with Crippen molar-refractivity contribution in [1.29, 1.82) is 0 Å². The summed E-state index contributed by atoms with van der Waals surface area (Å²) in [6.07, 6.45) is 5.12. The van der Waals surface area contributed by atoms with Gasteiger partial charge in [-0.25, -0.2) is 0 Å². The van der Waals surface area contributed by atoms with Crippen molar-refractivity contribution in [3.8, 4) is 0 Å². The lowest BCUT2D eigenvalue weighted by atomic mass is 10.1. The van der Waals surface area contributed by atoms with Crippen molar-refractivity contribution in [3.05, 3.63) is 23.5 Å². The highest BCUT2D eigenvalue weighted by atomic mass is 16.1. The van der Waals surface area contributed by atoms with Crippen LogP contribution in [0.1, 0.15) is 12.8 Å². The van der Waals surface area contributed by atoms with Gasteiger partial charge in [-0.3, -0.25) is 9.59 Å². The quantitative estimate of drug-likeness (QED) is 0.638. The molecule has 0 atom stereocenters. The highest BCUT2D eigenvalue weighted by molar-refractivity contribution is 6.19. The van der Waals surface area contributed by atoms with Gasteiger partial charge in [0.25, 0.3) is 0 Å². The van der Waals surface area contributed by atoms with Crippen LogP contribution in [-0.4, -0.2) is 48.6 Å². The number of hydrogen-bond acceptors (Lipinski definition) is 4. The Morgan fingerprint density at radius 3 is 2.25 bits per heavy atom. The Labute approximate surface area is 95.2 Å². The minimum atomic E-state index is -0.0773. The third-order valence-corrected chi connectivity index (χ3v) is 2.97. The number of allylic oxidation sites excluding steroid dienone is 2. The van der Waals surface area contributed by atoms with E-state index in [0.717, 1.165) is 25.9 Å². The summed E-state index contributed by atoms with van der Waals surface area (Å²) >= 11 is 0. The molecule has 2 aliphatic rings. The lowest BCUT2D eigenvalue weighted by molar-refractivity contribution is -0.117. The smallest absolute Gasteiger partial charge is 0.204 e. The first kappa shape index (κ1) is 10.9. The molecule has 0 N–H and O–H groups in total. The second-order valence-corrected chi connectivity index (χ2v) is 4.38. The van der Waals surface area contributed by atoms with Gasteiger partial charge in [-0.15, -0.1) is 0 Å².